The Hall–Kier alpha value is -1.86. The summed E-state index contributed by atoms with van der Waals surface area (Å²) < 4.78 is 0. The normalized spacial score (nSPS) is 24.7. The molecule has 1 aliphatic heterocycles. The summed E-state index contributed by atoms with van der Waals surface area (Å²) in [6, 6.07) is 17.5. The highest BCUT2D eigenvalue weighted by Gasteiger charge is 2.38. The van der Waals surface area contributed by atoms with E-state index in [1.165, 1.54) is 29.7 Å². The predicted octanol–water partition coefficient (Wildman–Crippen LogP) is 4.13. The maximum absolute atomic E-state index is 9.07. The summed E-state index contributed by atoms with van der Waals surface area (Å²) in [5.74, 6) is 1.19. The minimum absolute atomic E-state index is 0.548. The Morgan fingerprint density at radius 3 is 2.81 bits per heavy atom. The lowest BCUT2D eigenvalue weighted by atomic mass is 9.90. The number of rotatable bonds is 5. The molecular formula is C23H26ClN3. The standard InChI is InChI=1S/C23H26ClN3/c24-22-11-16(5-7-19(22)14-26)6-8-21-20-4-2-1-3-18(20)12-23(21)27-10-9-17(13-25)15-27/h1-5,7,11,17,21,23H,6,8-10,12-13,15,25H2. The van der Waals surface area contributed by atoms with Crippen LogP contribution in [0.15, 0.2) is 42.5 Å². The molecule has 3 nitrogen and oxygen atoms in total. The van der Waals surface area contributed by atoms with Gasteiger partial charge in [-0.05, 0) is 73.5 Å². The first-order valence-electron chi connectivity index (χ1n) is 9.90. The van der Waals surface area contributed by atoms with Crippen molar-refractivity contribution in [1.82, 2.24) is 4.90 Å². The fraction of sp³-hybridized carbons (Fsp3) is 0.435. The highest BCUT2D eigenvalue weighted by Crippen LogP contribution is 2.41. The zero-order valence-electron chi connectivity index (χ0n) is 15.6. The molecule has 2 N–H and O–H groups in total. The van der Waals surface area contributed by atoms with Gasteiger partial charge in [0.15, 0.2) is 0 Å². The van der Waals surface area contributed by atoms with E-state index in [1.54, 1.807) is 0 Å². The van der Waals surface area contributed by atoms with Crippen molar-refractivity contribution < 1.29 is 0 Å². The van der Waals surface area contributed by atoms with Crippen LogP contribution in [0, 0.1) is 17.2 Å². The number of likely N-dealkylation sites (tertiary alicyclic amines) is 1. The van der Waals surface area contributed by atoms with E-state index in [-0.39, 0.29) is 0 Å². The van der Waals surface area contributed by atoms with Crippen LogP contribution in [0.4, 0.5) is 0 Å². The summed E-state index contributed by atoms with van der Waals surface area (Å²) in [5.41, 5.74) is 10.7. The second-order valence-electron chi connectivity index (χ2n) is 7.93. The monoisotopic (exact) mass is 379 g/mol. The van der Waals surface area contributed by atoms with Crippen molar-refractivity contribution in [2.75, 3.05) is 19.6 Å². The average molecular weight is 380 g/mol. The lowest BCUT2D eigenvalue weighted by Crippen LogP contribution is -2.37. The Morgan fingerprint density at radius 1 is 1.22 bits per heavy atom. The van der Waals surface area contributed by atoms with E-state index in [0.717, 1.165) is 32.4 Å². The van der Waals surface area contributed by atoms with Crippen molar-refractivity contribution >= 4 is 11.6 Å². The Bertz CT molecular complexity index is 857. The Kier molecular flexibility index (Phi) is 5.50. The van der Waals surface area contributed by atoms with E-state index in [4.69, 9.17) is 22.6 Å². The first-order valence-corrected chi connectivity index (χ1v) is 10.3. The largest absolute Gasteiger partial charge is 0.330 e. The van der Waals surface area contributed by atoms with E-state index in [9.17, 15) is 0 Å². The molecule has 1 saturated heterocycles. The van der Waals surface area contributed by atoms with Gasteiger partial charge in [0, 0.05) is 18.5 Å². The molecule has 2 aromatic carbocycles. The van der Waals surface area contributed by atoms with Crippen molar-refractivity contribution in [1.29, 1.82) is 5.26 Å². The SMILES string of the molecule is N#Cc1ccc(CCC2c3ccccc3CC2N2CCC(CN)C2)cc1Cl. The van der Waals surface area contributed by atoms with Crippen molar-refractivity contribution in [3.8, 4) is 6.07 Å². The summed E-state index contributed by atoms with van der Waals surface area (Å²) in [6.45, 7) is 3.10. The minimum Gasteiger partial charge on any atom is -0.330 e. The summed E-state index contributed by atoms with van der Waals surface area (Å²) in [6.07, 6.45) is 4.45. The number of hydrogen-bond donors (Lipinski definition) is 1. The predicted molar refractivity (Wildman–Crippen MR) is 110 cm³/mol. The van der Waals surface area contributed by atoms with Gasteiger partial charge in [-0.1, -0.05) is 41.9 Å². The number of nitrogens with two attached hydrogens (primary N) is 1. The van der Waals surface area contributed by atoms with Gasteiger partial charge in [-0.15, -0.1) is 0 Å². The van der Waals surface area contributed by atoms with E-state index in [0.29, 0.717) is 28.5 Å². The molecule has 1 heterocycles. The number of halogens is 1. The molecule has 2 aromatic rings. The maximum atomic E-state index is 9.07. The zero-order chi connectivity index (χ0) is 18.8. The number of fused-ring (bicyclic) bond motifs is 1. The molecule has 0 spiro atoms. The van der Waals surface area contributed by atoms with Gasteiger partial charge in [-0.3, -0.25) is 4.90 Å². The van der Waals surface area contributed by atoms with E-state index in [1.807, 2.05) is 18.2 Å². The molecule has 0 aromatic heterocycles. The van der Waals surface area contributed by atoms with Crippen LogP contribution in [-0.4, -0.2) is 30.6 Å². The second-order valence-corrected chi connectivity index (χ2v) is 8.33. The second kappa shape index (κ2) is 8.02. The van der Waals surface area contributed by atoms with Crippen molar-refractivity contribution in [3.63, 3.8) is 0 Å². The molecular weight excluding hydrogens is 354 g/mol. The number of hydrogen-bond acceptors (Lipinski definition) is 3. The molecule has 0 saturated carbocycles. The quantitative estimate of drug-likeness (QED) is 0.849. The van der Waals surface area contributed by atoms with Gasteiger partial charge in [-0.25, -0.2) is 0 Å². The smallest absolute Gasteiger partial charge is 0.101 e. The van der Waals surface area contributed by atoms with Crippen molar-refractivity contribution in [2.24, 2.45) is 11.7 Å². The number of benzene rings is 2. The summed E-state index contributed by atoms with van der Waals surface area (Å²) in [7, 11) is 0. The number of aryl methyl sites for hydroxylation is 1. The van der Waals surface area contributed by atoms with Gasteiger partial charge in [0.05, 0.1) is 10.6 Å². The van der Waals surface area contributed by atoms with Crippen LogP contribution in [0.1, 0.15) is 41.0 Å². The van der Waals surface area contributed by atoms with Crippen LogP contribution >= 0.6 is 11.6 Å². The molecule has 3 atom stereocenters. The molecule has 4 heteroatoms. The van der Waals surface area contributed by atoms with Crippen LogP contribution in [0.25, 0.3) is 0 Å². The van der Waals surface area contributed by atoms with E-state index in [2.05, 4.69) is 35.2 Å². The third-order valence-corrected chi connectivity index (χ3v) is 6.68. The van der Waals surface area contributed by atoms with E-state index >= 15 is 0 Å². The molecule has 1 aliphatic carbocycles. The molecule has 0 bridgehead atoms. The average Bonchev–Trinajstić information content (AvgIpc) is 3.31. The zero-order valence-corrected chi connectivity index (χ0v) is 16.3. The maximum Gasteiger partial charge on any atom is 0.101 e. The summed E-state index contributed by atoms with van der Waals surface area (Å²) >= 11 is 6.23. The van der Waals surface area contributed by atoms with Crippen molar-refractivity contribution in [3.05, 3.63) is 69.7 Å². The number of nitrogens with zero attached hydrogens (tertiary/aromatic N) is 2. The molecule has 27 heavy (non-hydrogen) atoms. The lowest BCUT2D eigenvalue weighted by molar-refractivity contribution is 0.209. The first kappa shape index (κ1) is 18.5. The van der Waals surface area contributed by atoms with Crippen LogP contribution in [0.2, 0.25) is 5.02 Å². The molecule has 3 unspecified atom stereocenters. The van der Waals surface area contributed by atoms with E-state index < -0.39 is 0 Å². The fourth-order valence-corrected chi connectivity index (χ4v) is 5.12. The van der Waals surface area contributed by atoms with Crippen LogP contribution in [0.5, 0.6) is 0 Å². The lowest BCUT2D eigenvalue weighted by Gasteiger charge is -2.30. The van der Waals surface area contributed by atoms with Gasteiger partial charge in [0.2, 0.25) is 0 Å². The third-order valence-electron chi connectivity index (χ3n) is 6.37. The fourth-order valence-electron chi connectivity index (χ4n) is 4.87. The highest BCUT2D eigenvalue weighted by molar-refractivity contribution is 6.31. The molecule has 2 aliphatic rings. The molecule has 1 fully saturated rings. The Morgan fingerprint density at radius 2 is 2.07 bits per heavy atom. The van der Waals surface area contributed by atoms with Crippen LogP contribution in [-0.2, 0) is 12.8 Å². The van der Waals surface area contributed by atoms with Gasteiger partial charge < -0.3 is 5.73 Å². The highest BCUT2D eigenvalue weighted by atomic mass is 35.5. The van der Waals surface area contributed by atoms with Crippen LogP contribution < -0.4 is 5.73 Å². The molecule has 0 radical (unpaired) electrons. The third kappa shape index (κ3) is 3.75. The van der Waals surface area contributed by atoms with Gasteiger partial charge in [0.1, 0.15) is 6.07 Å². The topological polar surface area (TPSA) is 53.0 Å². The van der Waals surface area contributed by atoms with Gasteiger partial charge in [-0.2, -0.15) is 5.26 Å². The first-order chi connectivity index (χ1) is 13.2. The summed E-state index contributed by atoms with van der Waals surface area (Å²) in [4.78, 5) is 2.67. The molecule has 4 rings (SSSR count). The Labute approximate surface area is 166 Å². The number of nitriles is 1. The Balaban J connectivity index is 1.52. The van der Waals surface area contributed by atoms with Gasteiger partial charge in [0.25, 0.3) is 0 Å². The van der Waals surface area contributed by atoms with Crippen LogP contribution in [0.3, 0.4) is 0 Å². The summed E-state index contributed by atoms with van der Waals surface area (Å²) in [5, 5.41) is 9.63. The molecule has 0 amide bonds. The van der Waals surface area contributed by atoms with Crippen molar-refractivity contribution in [2.45, 2.75) is 37.6 Å². The minimum atomic E-state index is 0.548. The molecule has 140 valence electrons. The van der Waals surface area contributed by atoms with Gasteiger partial charge >= 0.3 is 0 Å².